The summed E-state index contributed by atoms with van der Waals surface area (Å²) in [6.45, 7) is 4.24. The van der Waals surface area contributed by atoms with Crippen molar-refractivity contribution in [2.24, 2.45) is 0 Å². The normalized spacial score (nSPS) is 10.9. The third kappa shape index (κ3) is 1.07. The fourth-order valence-corrected chi connectivity index (χ4v) is 1.81. The van der Waals surface area contributed by atoms with Crippen LogP contribution >= 0.6 is 15.9 Å². The van der Waals surface area contributed by atoms with Crippen molar-refractivity contribution in [1.29, 1.82) is 0 Å². The van der Waals surface area contributed by atoms with Gasteiger partial charge in [0.15, 0.2) is 0 Å². The van der Waals surface area contributed by atoms with Gasteiger partial charge in [-0.25, -0.2) is 0 Å². The molecule has 0 saturated carbocycles. The van der Waals surface area contributed by atoms with Crippen molar-refractivity contribution in [3.8, 4) is 0 Å². The molecule has 0 amide bonds. The van der Waals surface area contributed by atoms with Crippen molar-refractivity contribution in [2.45, 2.75) is 13.8 Å². The minimum atomic E-state index is 1.12. The van der Waals surface area contributed by atoms with Crippen molar-refractivity contribution in [3.05, 3.63) is 33.9 Å². The first-order valence-electron chi connectivity index (χ1n) is 3.93. The van der Waals surface area contributed by atoms with E-state index < -0.39 is 0 Å². The minimum Gasteiger partial charge on any atom is -0.358 e. The van der Waals surface area contributed by atoms with E-state index in [1.165, 1.54) is 22.2 Å². The number of nitrogens with one attached hydrogen (secondary N) is 1. The molecular formula is C10H10BrN. The average molecular weight is 224 g/mol. The largest absolute Gasteiger partial charge is 0.358 e. The molecule has 2 rings (SSSR count). The van der Waals surface area contributed by atoms with Gasteiger partial charge in [0.1, 0.15) is 0 Å². The Morgan fingerprint density at radius 2 is 2.00 bits per heavy atom. The lowest BCUT2D eigenvalue weighted by Gasteiger charge is -1.91. The van der Waals surface area contributed by atoms with Gasteiger partial charge in [0.05, 0.1) is 0 Å². The molecular weight excluding hydrogens is 214 g/mol. The third-order valence-corrected chi connectivity index (χ3v) is 2.76. The number of hydrogen-bond donors (Lipinski definition) is 1. The van der Waals surface area contributed by atoms with Crippen molar-refractivity contribution in [1.82, 2.24) is 4.98 Å². The maximum absolute atomic E-state index is 3.45. The van der Waals surface area contributed by atoms with Gasteiger partial charge in [-0.15, -0.1) is 0 Å². The van der Waals surface area contributed by atoms with Crippen molar-refractivity contribution < 1.29 is 0 Å². The van der Waals surface area contributed by atoms with Gasteiger partial charge in [-0.3, -0.25) is 0 Å². The molecule has 1 aromatic heterocycles. The third-order valence-electron chi connectivity index (χ3n) is 2.27. The second-order valence-corrected chi connectivity index (χ2v) is 3.98. The van der Waals surface area contributed by atoms with Gasteiger partial charge in [-0.05, 0) is 31.5 Å². The highest BCUT2D eigenvalue weighted by Crippen LogP contribution is 2.23. The summed E-state index contributed by atoms with van der Waals surface area (Å²) in [6, 6.07) is 6.32. The monoisotopic (exact) mass is 223 g/mol. The first kappa shape index (κ1) is 7.87. The summed E-state index contributed by atoms with van der Waals surface area (Å²) in [4.78, 5) is 3.34. The van der Waals surface area contributed by atoms with E-state index in [-0.39, 0.29) is 0 Å². The fourth-order valence-electron chi connectivity index (χ4n) is 1.44. The zero-order valence-electron chi connectivity index (χ0n) is 7.11. The predicted octanol–water partition coefficient (Wildman–Crippen LogP) is 3.55. The number of benzene rings is 1. The maximum Gasteiger partial charge on any atom is 0.0470 e. The van der Waals surface area contributed by atoms with E-state index in [1.54, 1.807) is 0 Å². The second kappa shape index (κ2) is 2.63. The molecule has 2 heteroatoms. The topological polar surface area (TPSA) is 15.8 Å². The SMILES string of the molecule is Cc1[nH]c2cc(Br)ccc2c1C. The first-order valence-corrected chi connectivity index (χ1v) is 4.72. The van der Waals surface area contributed by atoms with Gasteiger partial charge < -0.3 is 4.98 Å². The van der Waals surface area contributed by atoms with Crippen molar-refractivity contribution in [2.75, 3.05) is 0 Å². The lowest BCUT2D eigenvalue weighted by atomic mass is 10.2. The van der Waals surface area contributed by atoms with Gasteiger partial charge >= 0.3 is 0 Å². The zero-order valence-corrected chi connectivity index (χ0v) is 8.70. The maximum atomic E-state index is 3.45. The van der Waals surface area contributed by atoms with Crippen molar-refractivity contribution in [3.63, 3.8) is 0 Å². The molecule has 12 heavy (non-hydrogen) atoms. The molecule has 1 N–H and O–H groups in total. The van der Waals surface area contributed by atoms with Crippen LogP contribution in [0, 0.1) is 13.8 Å². The van der Waals surface area contributed by atoms with E-state index in [2.05, 4.69) is 53.0 Å². The van der Waals surface area contributed by atoms with Gasteiger partial charge in [0.2, 0.25) is 0 Å². The Morgan fingerprint density at radius 1 is 1.25 bits per heavy atom. The van der Waals surface area contributed by atoms with Crippen LogP contribution in [0.15, 0.2) is 22.7 Å². The Hall–Kier alpha value is -0.760. The molecule has 0 spiro atoms. The summed E-state index contributed by atoms with van der Waals surface area (Å²) < 4.78 is 1.12. The highest BCUT2D eigenvalue weighted by Gasteiger charge is 2.02. The van der Waals surface area contributed by atoms with E-state index in [9.17, 15) is 0 Å². The number of H-pyrrole nitrogens is 1. The Morgan fingerprint density at radius 3 is 2.75 bits per heavy atom. The van der Waals surface area contributed by atoms with Gasteiger partial charge in [-0.2, -0.15) is 0 Å². The van der Waals surface area contributed by atoms with E-state index in [0.29, 0.717) is 0 Å². The summed E-state index contributed by atoms with van der Waals surface area (Å²) >= 11 is 3.45. The Labute approximate surface area is 79.9 Å². The fraction of sp³-hybridized carbons (Fsp3) is 0.200. The molecule has 62 valence electrons. The van der Waals surface area contributed by atoms with Gasteiger partial charge in [0, 0.05) is 21.1 Å². The van der Waals surface area contributed by atoms with Crippen LogP contribution in [0.25, 0.3) is 10.9 Å². The number of aromatic nitrogens is 1. The standard InChI is InChI=1S/C10H10BrN/c1-6-7(2)12-10-5-8(11)3-4-9(6)10/h3-5,12H,1-2H3. The first-order chi connectivity index (χ1) is 5.68. The van der Waals surface area contributed by atoms with Crippen LogP contribution < -0.4 is 0 Å². The average Bonchev–Trinajstić information content (AvgIpc) is 2.28. The Balaban J connectivity index is 2.87. The summed E-state index contributed by atoms with van der Waals surface area (Å²) in [5.74, 6) is 0. The van der Waals surface area contributed by atoms with Crippen LogP contribution in [0.4, 0.5) is 0 Å². The molecule has 0 saturated heterocycles. The predicted molar refractivity (Wildman–Crippen MR) is 55.5 cm³/mol. The van der Waals surface area contributed by atoms with E-state index in [0.717, 1.165) is 4.47 Å². The van der Waals surface area contributed by atoms with Gasteiger partial charge in [0.25, 0.3) is 0 Å². The van der Waals surface area contributed by atoms with Crippen LogP contribution in [0.3, 0.4) is 0 Å². The number of aryl methyl sites for hydroxylation is 2. The molecule has 0 bridgehead atoms. The Bertz CT molecular complexity index is 429. The van der Waals surface area contributed by atoms with Crippen LogP contribution in [0.2, 0.25) is 0 Å². The minimum absolute atomic E-state index is 1.12. The molecule has 0 fully saturated rings. The lowest BCUT2D eigenvalue weighted by molar-refractivity contribution is 1.25. The summed E-state index contributed by atoms with van der Waals surface area (Å²) in [5, 5.41) is 1.32. The smallest absolute Gasteiger partial charge is 0.0470 e. The van der Waals surface area contributed by atoms with E-state index in [4.69, 9.17) is 0 Å². The summed E-state index contributed by atoms with van der Waals surface area (Å²) in [7, 11) is 0. The molecule has 0 radical (unpaired) electrons. The molecule has 0 unspecified atom stereocenters. The number of halogens is 1. The number of hydrogen-bond acceptors (Lipinski definition) is 0. The van der Waals surface area contributed by atoms with Crippen LogP contribution in [-0.4, -0.2) is 4.98 Å². The summed E-state index contributed by atoms with van der Waals surface area (Å²) in [6.07, 6.45) is 0. The van der Waals surface area contributed by atoms with E-state index in [1.807, 2.05) is 0 Å². The van der Waals surface area contributed by atoms with E-state index >= 15 is 0 Å². The zero-order chi connectivity index (χ0) is 8.72. The highest BCUT2D eigenvalue weighted by atomic mass is 79.9. The lowest BCUT2D eigenvalue weighted by Crippen LogP contribution is -1.70. The Kier molecular flexibility index (Phi) is 1.72. The molecule has 2 aromatic rings. The molecule has 0 aliphatic rings. The molecule has 1 aromatic carbocycles. The molecule has 0 atom stereocenters. The van der Waals surface area contributed by atoms with Crippen LogP contribution in [0.5, 0.6) is 0 Å². The number of fused-ring (bicyclic) bond motifs is 1. The number of rotatable bonds is 0. The summed E-state index contributed by atoms with van der Waals surface area (Å²) in [5.41, 5.74) is 3.81. The second-order valence-electron chi connectivity index (χ2n) is 3.06. The molecule has 1 nitrogen and oxygen atoms in total. The molecule has 1 heterocycles. The quantitative estimate of drug-likeness (QED) is 0.704. The van der Waals surface area contributed by atoms with Crippen LogP contribution in [0.1, 0.15) is 11.3 Å². The van der Waals surface area contributed by atoms with Crippen molar-refractivity contribution >= 4 is 26.8 Å². The molecule has 0 aliphatic heterocycles. The molecule has 0 aliphatic carbocycles. The van der Waals surface area contributed by atoms with Gasteiger partial charge in [-0.1, -0.05) is 22.0 Å². The van der Waals surface area contributed by atoms with Crippen LogP contribution in [-0.2, 0) is 0 Å². The highest BCUT2D eigenvalue weighted by molar-refractivity contribution is 9.10. The number of aromatic amines is 1.